The molecule has 0 spiro atoms. The second-order valence-corrected chi connectivity index (χ2v) is 9.89. The average molecular weight is 468 g/mol. The fraction of sp³-hybridized carbons (Fsp3) is 0.286. The Hall–Kier alpha value is -4.18. The van der Waals surface area contributed by atoms with Crippen LogP contribution < -0.4 is 11.0 Å². The van der Waals surface area contributed by atoms with Crippen molar-refractivity contribution in [2.45, 2.75) is 39.0 Å². The Labute approximate surface area is 205 Å². The van der Waals surface area contributed by atoms with Gasteiger partial charge in [0.15, 0.2) is 0 Å². The summed E-state index contributed by atoms with van der Waals surface area (Å²) in [6.45, 7) is 5.90. The van der Waals surface area contributed by atoms with E-state index in [4.69, 9.17) is 0 Å². The molecule has 178 valence electrons. The molecule has 7 heteroatoms. The largest absolute Gasteiger partial charge is 0.333 e. The van der Waals surface area contributed by atoms with Crippen molar-refractivity contribution in [3.63, 3.8) is 0 Å². The quantitative estimate of drug-likeness (QED) is 0.612. The van der Waals surface area contributed by atoms with E-state index in [1.165, 1.54) is 0 Å². The molecule has 1 aliphatic carbocycles. The minimum absolute atomic E-state index is 0. The first-order valence-electron chi connectivity index (χ1n) is 11.7. The van der Waals surface area contributed by atoms with E-state index in [0.717, 1.165) is 34.4 Å². The number of allylic oxidation sites excluding steroid dienone is 3. The van der Waals surface area contributed by atoms with Crippen LogP contribution in [-0.2, 0) is 17.3 Å². The van der Waals surface area contributed by atoms with Gasteiger partial charge in [0.05, 0.1) is 35.0 Å². The number of hydrogen-bond donors (Lipinski definition) is 1. The van der Waals surface area contributed by atoms with Crippen LogP contribution in [0, 0.1) is 17.2 Å². The van der Waals surface area contributed by atoms with Crippen LogP contribution in [0.3, 0.4) is 0 Å². The Morgan fingerprint density at radius 1 is 1.20 bits per heavy atom. The zero-order valence-corrected chi connectivity index (χ0v) is 20.3. The molecule has 3 heterocycles. The lowest BCUT2D eigenvalue weighted by atomic mass is 9.84. The van der Waals surface area contributed by atoms with Gasteiger partial charge in [-0.25, -0.2) is 4.79 Å². The molecular formula is C28H29N5O2. The number of rotatable bonds is 4. The van der Waals surface area contributed by atoms with Crippen LogP contribution in [0.1, 0.15) is 46.2 Å². The van der Waals surface area contributed by atoms with E-state index in [2.05, 4.69) is 29.4 Å². The van der Waals surface area contributed by atoms with Gasteiger partial charge in [-0.1, -0.05) is 25.1 Å². The molecule has 1 unspecified atom stereocenters. The van der Waals surface area contributed by atoms with E-state index in [0.29, 0.717) is 23.5 Å². The maximum Gasteiger partial charge on any atom is 0.333 e. The van der Waals surface area contributed by atoms with Gasteiger partial charge < -0.3 is 9.88 Å². The van der Waals surface area contributed by atoms with Crippen LogP contribution in [0.4, 0.5) is 0 Å². The molecule has 1 amide bonds. The van der Waals surface area contributed by atoms with Crippen molar-refractivity contribution in [1.29, 1.82) is 5.26 Å². The van der Waals surface area contributed by atoms with Crippen molar-refractivity contribution >= 4 is 11.5 Å². The molecular weight excluding hydrogens is 438 g/mol. The summed E-state index contributed by atoms with van der Waals surface area (Å²) in [5.41, 5.74) is 6.47. The molecule has 1 atom stereocenters. The van der Waals surface area contributed by atoms with Crippen LogP contribution >= 0.6 is 0 Å². The van der Waals surface area contributed by atoms with E-state index in [1.54, 1.807) is 28.6 Å². The maximum absolute atomic E-state index is 13.1. The Morgan fingerprint density at radius 2 is 1.94 bits per heavy atom. The van der Waals surface area contributed by atoms with E-state index < -0.39 is 5.41 Å². The van der Waals surface area contributed by atoms with Crippen LogP contribution in [-0.4, -0.2) is 20.0 Å². The van der Waals surface area contributed by atoms with E-state index in [-0.39, 0.29) is 18.9 Å². The Morgan fingerprint density at radius 3 is 2.66 bits per heavy atom. The van der Waals surface area contributed by atoms with Crippen LogP contribution in [0.15, 0.2) is 70.9 Å². The first kappa shape index (κ1) is 22.6. The van der Waals surface area contributed by atoms with Crippen molar-refractivity contribution in [3.8, 4) is 23.1 Å². The van der Waals surface area contributed by atoms with Crippen molar-refractivity contribution in [2.24, 2.45) is 13.0 Å². The van der Waals surface area contributed by atoms with Gasteiger partial charge in [-0.3, -0.25) is 14.3 Å². The van der Waals surface area contributed by atoms with Crippen LogP contribution in [0.2, 0.25) is 0 Å². The number of imidazole rings is 1. The number of aryl methyl sites for hydroxylation is 1. The van der Waals surface area contributed by atoms with Crippen molar-refractivity contribution in [1.82, 2.24) is 19.4 Å². The molecule has 35 heavy (non-hydrogen) atoms. The molecule has 2 aliphatic rings. The zero-order valence-electron chi connectivity index (χ0n) is 20.3. The number of carbonyl (C=O) groups excluding carboxylic acids is 1. The molecule has 0 bridgehead atoms. The molecule has 5 rings (SSSR count). The highest BCUT2D eigenvalue weighted by Gasteiger charge is 2.28. The lowest BCUT2D eigenvalue weighted by Gasteiger charge is -2.22. The predicted octanol–water partition coefficient (Wildman–Crippen LogP) is 4.48. The van der Waals surface area contributed by atoms with E-state index in [9.17, 15) is 14.9 Å². The van der Waals surface area contributed by atoms with Crippen LogP contribution in [0.5, 0.6) is 0 Å². The number of nitrogens with one attached hydrogen (secondary N) is 1. The molecule has 0 radical (unpaired) electrons. The standard InChI is InChI=1S/C28H27N5O2.H2/c1-17-11-23-19(14-26(34)31-23)12-22(17)18-9-10-30-24(13-18)25-15-32(4)27(35)33(25)21-7-5-20(6-8-21)28(2,3)16-29;/h5-10,12-13,15,17H,11,14H2,1-4H3,(H,31,34);1H. The minimum Gasteiger partial charge on any atom is -0.329 e. The van der Waals surface area contributed by atoms with Gasteiger partial charge in [0.1, 0.15) is 0 Å². The van der Waals surface area contributed by atoms with Gasteiger partial charge in [0, 0.05) is 26.6 Å². The van der Waals surface area contributed by atoms with Crippen molar-refractivity contribution in [2.75, 3.05) is 0 Å². The van der Waals surface area contributed by atoms with E-state index >= 15 is 0 Å². The van der Waals surface area contributed by atoms with Gasteiger partial charge in [-0.15, -0.1) is 0 Å². The summed E-state index contributed by atoms with van der Waals surface area (Å²) in [6.07, 6.45) is 6.89. The lowest BCUT2D eigenvalue weighted by molar-refractivity contribution is -0.118. The highest BCUT2D eigenvalue weighted by Crippen LogP contribution is 2.38. The third-order valence-electron chi connectivity index (χ3n) is 6.93. The smallest absolute Gasteiger partial charge is 0.329 e. The average Bonchev–Trinajstić information content (AvgIpc) is 3.36. The lowest BCUT2D eigenvalue weighted by Crippen LogP contribution is -2.21. The molecule has 0 fully saturated rings. The molecule has 1 N–H and O–H groups in total. The normalized spacial score (nSPS) is 17.6. The highest BCUT2D eigenvalue weighted by atomic mass is 16.2. The topological polar surface area (TPSA) is 92.7 Å². The summed E-state index contributed by atoms with van der Waals surface area (Å²) in [5.74, 6) is 0.295. The number of aromatic nitrogens is 3. The molecule has 1 aromatic carbocycles. The first-order chi connectivity index (χ1) is 16.7. The minimum atomic E-state index is -0.613. The SMILES string of the molecule is CC1CC2=C(C=C1c1ccnc(-c3cn(C)c(=O)n3-c3ccc(C(C)(C)C#N)cc3)c1)CC(=O)N2.[HH]. The van der Waals surface area contributed by atoms with Gasteiger partial charge in [0.2, 0.25) is 5.91 Å². The Bertz CT molecular complexity index is 1520. The maximum atomic E-state index is 13.1. The van der Waals surface area contributed by atoms with Gasteiger partial charge in [-0.05, 0) is 72.7 Å². The van der Waals surface area contributed by atoms with Gasteiger partial charge >= 0.3 is 5.69 Å². The molecule has 0 saturated carbocycles. The number of hydrogen-bond acceptors (Lipinski definition) is 4. The number of nitriles is 1. The van der Waals surface area contributed by atoms with Crippen molar-refractivity contribution < 1.29 is 6.22 Å². The first-order valence-corrected chi connectivity index (χ1v) is 11.7. The number of pyridine rings is 1. The Balaban J connectivity index is 0.00000304. The summed E-state index contributed by atoms with van der Waals surface area (Å²) in [7, 11) is 1.73. The Kier molecular flexibility index (Phi) is 5.32. The third kappa shape index (κ3) is 3.91. The van der Waals surface area contributed by atoms with Gasteiger partial charge in [0.25, 0.3) is 0 Å². The fourth-order valence-electron chi connectivity index (χ4n) is 4.84. The number of benzene rings is 1. The predicted molar refractivity (Wildman–Crippen MR) is 137 cm³/mol. The zero-order chi connectivity index (χ0) is 24.9. The number of carbonyl (C=O) groups is 1. The molecule has 3 aromatic rings. The highest BCUT2D eigenvalue weighted by molar-refractivity contribution is 5.88. The molecule has 1 aliphatic heterocycles. The van der Waals surface area contributed by atoms with Crippen LogP contribution in [0.25, 0.3) is 22.6 Å². The molecule has 7 nitrogen and oxygen atoms in total. The number of nitrogens with zero attached hydrogens (tertiary/aromatic N) is 4. The summed E-state index contributed by atoms with van der Waals surface area (Å²) >= 11 is 0. The van der Waals surface area contributed by atoms with E-state index in [1.807, 2.05) is 50.2 Å². The van der Waals surface area contributed by atoms with Crippen molar-refractivity contribution in [3.05, 3.63) is 87.7 Å². The summed E-state index contributed by atoms with van der Waals surface area (Å²) < 4.78 is 3.19. The summed E-state index contributed by atoms with van der Waals surface area (Å²) in [6, 6.07) is 13.8. The second kappa shape index (κ2) is 8.24. The summed E-state index contributed by atoms with van der Waals surface area (Å²) in [5, 5.41) is 12.4. The monoisotopic (exact) mass is 467 g/mol. The van der Waals surface area contributed by atoms with Gasteiger partial charge in [-0.2, -0.15) is 5.26 Å². The second-order valence-electron chi connectivity index (χ2n) is 9.89. The third-order valence-corrected chi connectivity index (χ3v) is 6.93. The fourth-order valence-corrected chi connectivity index (χ4v) is 4.84. The molecule has 2 aromatic heterocycles. The summed E-state index contributed by atoms with van der Waals surface area (Å²) in [4.78, 5) is 29.5. The molecule has 0 saturated heterocycles. The number of amides is 1.